The Morgan fingerprint density at radius 1 is 0.839 bits per heavy atom. The van der Waals surface area contributed by atoms with Crippen LogP contribution in [0.15, 0.2) is 84.9 Å². The number of H-pyrrole nitrogens is 1. The summed E-state index contributed by atoms with van der Waals surface area (Å²) in [5.41, 5.74) is 5.81. The molecule has 0 amide bonds. The first-order chi connectivity index (χ1) is 15.3. The summed E-state index contributed by atoms with van der Waals surface area (Å²) in [5.74, 6) is 1.81. The fraction of sp³-hybridized carbons (Fsp3) is 0.115. The second-order valence-electron chi connectivity index (χ2n) is 7.42. The van der Waals surface area contributed by atoms with E-state index in [0.717, 1.165) is 40.6 Å². The summed E-state index contributed by atoms with van der Waals surface area (Å²) in [5, 5.41) is 3.53. The predicted octanol–water partition coefficient (Wildman–Crippen LogP) is 6.26. The molecule has 5 rings (SSSR count). The number of imidazole rings is 1. The standard InChI is InChI=1S/C26H23N3OS/c1-30-21-11-9-18(10-12-21)16-27-17-19-5-4-6-20(15-19)24-13-14-25(31-24)26-28-22-7-2-3-8-23(22)29-26/h2-15,27H,16-17H2,1H3,(H,28,29). The molecule has 0 radical (unpaired) electrons. The Balaban J connectivity index is 1.27. The average Bonchev–Trinajstić information content (AvgIpc) is 3.47. The molecule has 0 atom stereocenters. The number of hydrogen-bond donors (Lipinski definition) is 2. The van der Waals surface area contributed by atoms with Crippen LogP contribution in [0, 0.1) is 0 Å². The van der Waals surface area contributed by atoms with E-state index in [0.29, 0.717) is 0 Å². The third-order valence-electron chi connectivity index (χ3n) is 5.26. The third kappa shape index (κ3) is 4.38. The van der Waals surface area contributed by atoms with E-state index in [2.05, 4.69) is 64.9 Å². The second-order valence-corrected chi connectivity index (χ2v) is 8.50. The number of nitrogens with zero attached hydrogens (tertiary/aromatic N) is 1. The lowest BCUT2D eigenvalue weighted by Gasteiger charge is -2.07. The Kier molecular flexibility index (Phi) is 5.52. The molecule has 5 aromatic rings. The highest BCUT2D eigenvalue weighted by Gasteiger charge is 2.09. The highest BCUT2D eigenvalue weighted by molar-refractivity contribution is 7.18. The molecule has 154 valence electrons. The number of benzene rings is 3. The monoisotopic (exact) mass is 425 g/mol. The lowest BCUT2D eigenvalue weighted by atomic mass is 10.1. The molecule has 2 aromatic heterocycles. The van der Waals surface area contributed by atoms with Crippen molar-refractivity contribution >= 4 is 22.4 Å². The fourth-order valence-electron chi connectivity index (χ4n) is 3.62. The van der Waals surface area contributed by atoms with Crippen LogP contribution in [-0.4, -0.2) is 17.1 Å². The van der Waals surface area contributed by atoms with Gasteiger partial charge in [0, 0.05) is 18.0 Å². The Morgan fingerprint density at radius 2 is 1.65 bits per heavy atom. The molecular weight excluding hydrogens is 402 g/mol. The lowest BCUT2D eigenvalue weighted by molar-refractivity contribution is 0.414. The van der Waals surface area contributed by atoms with Gasteiger partial charge in [-0.15, -0.1) is 11.3 Å². The van der Waals surface area contributed by atoms with Gasteiger partial charge in [-0.2, -0.15) is 0 Å². The Hall–Kier alpha value is -3.41. The van der Waals surface area contributed by atoms with Crippen molar-refractivity contribution in [2.75, 3.05) is 7.11 Å². The van der Waals surface area contributed by atoms with E-state index in [-0.39, 0.29) is 0 Å². The van der Waals surface area contributed by atoms with Crippen molar-refractivity contribution in [2.45, 2.75) is 13.1 Å². The summed E-state index contributed by atoms with van der Waals surface area (Å²) in [6, 6.07) is 29.3. The largest absolute Gasteiger partial charge is 0.497 e. The normalized spacial score (nSPS) is 11.1. The first-order valence-electron chi connectivity index (χ1n) is 10.3. The minimum absolute atomic E-state index is 0.821. The van der Waals surface area contributed by atoms with Crippen molar-refractivity contribution in [3.8, 4) is 26.9 Å². The maximum atomic E-state index is 5.22. The van der Waals surface area contributed by atoms with Gasteiger partial charge in [0.15, 0.2) is 0 Å². The first-order valence-corrected chi connectivity index (χ1v) is 11.1. The number of methoxy groups -OCH3 is 1. The highest BCUT2D eigenvalue weighted by Crippen LogP contribution is 2.34. The topological polar surface area (TPSA) is 49.9 Å². The van der Waals surface area contributed by atoms with Crippen molar-refractivity contribution in [1.82, 2.24) is 15.3 Å². The van der Waals surface area contributed by atoms with Gasteiger partial charge in [-0.3, -0.25) is 0 Å². The van der Waals surface area contributed by atoms with Crippen LogP contribution in [-0.2, 0) is 13.1 Å². The number of thiophene rings is 1. The van der Waals surface area contributed by atoms with Gasteiger partial charge < -0.3 is 15.0 Å². The van der Waals surface area contributed by atoms with Crippen LogP contribution in [0.3, 0.4) is 0 Å². The van der Waals surface area contributed by atoms with E-state index in [1.54, 1.807) is 18.4 Å². The van der Waals surface area contributed by atoms with Crippen LogP contribution in [0.25, 0.3) is 32.2 Å². The van der Waals surface area contributed by atoms with Crippen molar-refractivity contribution in [3.63, 3.8) is 0 Å². The molecule has 2 heterocycles. The number of aromatic amines is 1. The van der Waals surface area contributed by atoms with Crippen molar-refractivity contribution in [1.29, 1.82) is 0 Å². The number of aromatic nitrogens is 2. The molecule has 31 heavy (non-hydrogen) atoms. The zero-order valence-corrected chi connectivity index (χ0v) is 18.1. The first kappa shape index (κ1) is 19.5. The number of ether oxygens (including phenoxy) is 1. The summed E-state index contributed by atoms with van der Waals surface area (Å²) in [7, 11) is 1.69. The SMILES string of the molecule is COc1ccc(CNCc2cccc(-c3ccc(-c4nc5ccccc5[nH]4)s3)c2)cc1. The van der Waals surface area contributed by atoms with E-state index in [4.69, 9.17) is 9.72 Å². The summed E-state index contributed by atoms with van der Waals surface area (Å²) in [6.07, 6.45) is 0. The molecule has 0 bridgehead atoms. The van der Waals surface area contributed by atoms with E-state index in [9.17, 15) is 0 Å². The molecule has 2 N–H and O–H groups in total. The third-order valence-corrected chi connectivity index (χ3v) is 6.40. The Labute approximate surface area is 185 Å². The number of para-hydroxylation sites is 2. The molecule has 0 unspecified atom stereocenters. The summed E-state index contributed by atoms with van der Waals surface area (Å²) in [4.78, 5) is 10.5. The van der Waals surface area contributed by atoms with Crippen molar-refractivity contribution < 1.29 is 4.74 Å². The molecule has 0 fully saturated rings. The van der Waals surface area contributed by atoms with Crippen molar-refractivity contribution in [3.05, 3.63) is 96.1 Å². The minimum atomic E-state index is 0.821. The van der Waals surface area contributed by atoms with Gasteiger partial charge in [-0.1, -0.05) is 42.5 Å². The Bertz CT molecular complexity index is 1270. The van der Waals surface area contributed by atoms with Crippen LogP contribution >= 0.6 is 11.3 Å². The van der Waals surface area contributed by atoms with Crippen LogP contribution in [0.1, 0.15) is 11.1 Å². The van der Waals surface area contributed by atoms with Gasteiger partial charge >= 0.3 is 0 Å². The van der Waals surface area contributed by atoms with Crippen LogP contribution < -0.4 is 10.1 Å². The maximum Gasteiger partial charge on any atom is 0.148 e. The van der Waals surface area contributed by atoms with Crippen LogP contribution in [0.4, 0.5) is 0 Å². The predicted molar refractivity (Wildman–Crippen MR) is 128 cm³/mol. The summed E-state index contributed by atoms with van der Waals surface area (Å²) in [6.45, 7) is 1.64. The second kappa shape index (κ2) is 8.76. The minimum Gasteiger partial charge on any atom is -0.497 e. The fourth-order valence-corrected chi connectivity index (χ4v) is 4.57. The zero-order valence-electron chi connectivity index (χ0n) is 17.3. The summed E-state index contributed by atoms with van der Waals surface area (Å²) >= 11 is 1.76. The molecule has 0 aliphatic carbocycles. The molecule has 3 aromatic carbocycles. The average molecular weight is 426 g/mol. The molecular formula is C26H23N3OS. The molecule has 4 nitrogen and oxygen atoms in total. The van der Waals surface area contributed by atoms with Gasteiger partial charge in [0.1, 0.15) is 11.6 Å². The van der Waals surface area contributed by atoms with Gasteiger partial charge in [0.2, 0.25) is 0 Å². The molecule has 0 saturated carbocycles. The quantitative estimate of drug-likeness (QED) is 0.324. The van der Waals surface area contributed by atoms with E-state index in [1.807, 2.05) is 30.3 Å². The number of rotatable bonds is 7. The molecule has 5 heteroatoms. The number of nitrogens with one attached hydrogen (secondary N) is 2. The highest BCUT2D eigenvalue weighted by atomic mass is 32.1. The summed E-state index contributed by atoms with van der Waals surface area (Å²) < 4.78 is 5.22. The zero-order chi connectivity index (χ0) is 21.0. The number of fused-ring (bicyclic) bond motifs is 1. The number of hydrogen-bond acceptors (Lipinski definition) is 4. The Morgan fingerprint density at radius 3 is 2.48 bits per heavy atom. The van der Waals surface area contributed by atoms with E-state index in [1.165, 1.54) is 21.6 Å². The van der Waals surface area contributed by atoms with Crippen LogP contribution in [0.2, 0.25) is 0 Å². The van der Waals surface area contributed by atoms with Gasteiger partial charge in [0.05, 0.1) is 23.0 Å². The lowest BCUT2D eigenvalue weighted by Crippen LogP contribution is -2.12. The molecule has 0 spiro atoms. The molecule has 0 aliphatic rings. The van der Waals surface area contributed by atoms with Crippen LogP contribution in [0.5, 0.6) is 5.75 Å². The van der Waals surface area contributed by atoms with Crippen molar-refractivity contribution in [2.24, 2.45) is 0 Å². The van der Waals surface area contributed by atoms with E-state index < -0.39 is 0 Å². The molecule has 0 aliphatic heterocycles. The van der Waals surface area contributed by atoms with E-state index >= 15 is 0 Å². The van der Waals surface area contributed by atoms with Gasteiger partial charge in [-0.25, -0.2) is 4.98 Å². The smallest absolute Gasteiger partial charge is 0.148 e. The van der Waals surface area contributed by atoms with Gasteiger partial charge in [0.25, 0.3) is 0 Å². The van der Waals surface area contributed by atoms with Gasteiger partial charge in [-0.05, 0) is 59.2 Å². The molecule has 0 saturated heterocycles. The maximum absolute atomic E-state index is 5.22.